The molecule has 2 aliphatic rings. The molecule has 0 radical (unpaired) electrons. The number of rotatable bonds is 5. The van der Waals surface area contributed by atoms with Gasteiger partial charge in [-0.25, -0.2) is 0 Å². The Labute approximate surface area is 165 Å². The molecule has 0 bridgehead atoms. The topological polar surface area (TPSA) is 41.6 Å². The van der Waals surface area contributed by atoms with Crippen LogP contribution in [0.4, 0.5) is 5.69 Å². The van der Waals surface area contributed by atoms with Crippen molar-refractivity contribution in [1.29, 1.82) is 0 Å². The fourth-order valence-corrected chi connectivity index (χ4v) is 4.64. The van der Waals surface area contributed by atoms with Crippen LogP contribution in [0.1, 0.15) is 34.3 Å². The Morgan fingerprint density at radius 1 is 1.26 bits per heavy atom. The lowest BCUT2D eigenvalue weighted by molar-refractivity contribution is 0.0858. The van der Waals surface area contributed by atoms with E-state index < -0.39 is 0 Å². The number of benzene rings is 2. The summed E-state index contributed by atoms with van der Waals surface area (Å²) in [6.45, 7) is 5.38. The van der Waals surface area contributed by atoms with Crippen LogP contribution >= 0.6 is 11.8 Å². The lowest BCUT2D eigenvalue weighted by atomic mass is 10.1. The minimum absolute atomic E-state index is 0.0147. The maximum Gasteiger partial charge on any atom is 0.251 e. The third-order valence-electron chi connectivity index (χ3n) is 5.19. The van der Waals surface area contributed by atoms with Gasteiger partial charge >= 0.3 is 0 Å². The van der Waals surface area contributed by atoms with E-state index in [2.05, 4.69) is 47.5 Å². The number of anilines is 1. The Morgan fingerprint density at radius 2 is 2.11 bits per heavy atom. The van der Waals surface area contributed by atoms with Gasteiger partial charge < -0.3 is 15.0 Å². The van der Waals surface area contributed by atoms with Gasteiger partial charge in [-0.1, -0.05) is 29.8 Å². The number of carbonyl (C=O) groups is 1. The molecule has 0 saturated carbocycles. The van der Waals surface area contributed by atoms with Crippen molar-refractivity contribution in [2.24, 2.45) is 0 Å². The monoisotopic (exact) mass is 382 g/mol. The summed E-state index contributed by atoms with van der Waals surface area (Å²) in [5.41, 5.74) is 4.46. The van der Waals surface area contributed by atoms with Gasteiger partial charge in [-0.05, 0) is 43.5 Å². The zero-order chi connectivity index (χ0) is 18.6. The summed E-state index contributed by atoms with van der Waals surface area (Å²) in [4.78, 5) is 16.2. The number of amides is 1. The first-order valence-corrected chi connectivity index (χ1v) is 10.6. The fraction of sp³-hybridized carbons (Fsp3) is 0.409. The predicted octanol–water partition coefficient (Wildman–Crippen LogP) is 4.02. The Bertz CT molecular complexity index is 800. The molecule has 2 aromatic rings. The summed E-state index contributed by atoms with van der Waals surface area (Å²) in [5.74, 6) is 1.06. The van der Waals surface area contributed by atoms with Gasteiger partial charge in [0.1, 0.15) is 0 Å². The van der Waals surface area contributed by atoms with Crippen molar-refractivity contribution in [3.05, 3.63) is 59.2 Å². The predicted molar refractivity (Wildman–Crippen MR) is 111 cm³/mol. The van der Waals surface area contributed by atoms with Crippen molar-refractivity contribution in [3.63, 3.8) is 0 Å². The highest BCUT2D eigenvalue weighted by molar-refractivity contribution is 7.99. The number of hydrogen-bond acceptors (Lipinski definition) is 4. The van der Waals surface area contributed by atoms with Crippen LogP contribution in [0.15, 0.2) is 47.4 Å². The highest BCUT2D eigenvalue weighted by atomic mass is 32.2. The number of fused-ring (bicyclic) bond motifs is 1. The van der Waals surface area contributed by atoms with Crippen LogP contribution < -0.4 is 10.2 Å². The molecule has 0 unspecified atom stereocenters. The van der Waals surface area contributed by atoms with Gasteiger partial charge in [-0.2, -0.15) is 0 Å². The molecule has 0 aromatic heterocycles. The number of hydrogen-bond donors (Lipinski definition) is 1. The van der Waals surface area contributed by atoms with Gasteiger partial charge in [-0.3, -0.25) is 4.79 Å². The van der Waals surface area contributed by atoms with Crippen LogP contribution in [0, 0.1) is 6.92 Å². The minimum atomic E-state index is -0.0147. The standard InChI is InChI=1S/C22H26N2O2S/c1-16-4-6-17(7-5-16)15-24-10-12-27-21-9-8-18(13-20(21)24)22(25)23-14-19-3-2-11-26-19/h4-9,13,19H,2-3,10-12,14-15H2,1H3,(H,23,25)/t19-/m1/s1. The second-order valence-corrected chi connectivity index (χ2v) is 8.42. The van der Waals surface area contributed by atoms with Crippen LogP contribution in [0.3, 0.4) is 0 Å². The first kappa shape index (κ1) is 18.4. The van der Waals surface area contributed by atoms with E-state index in [1.165, 1.54) is 16.0 Å². The van der Waals surface area contributed by atoms with Crippen LogP contribution in [0.2, 0.25) is 0 Å². The fourth-order valence-electron chi connectivity index (χ4n) is 3.61. The first-order chi connectivity index (χ1) is 13.2. The van der Waals surface area contributed by atoms with Gasteiger partial charge in [0.05, 0.1) is 11.8 Å². The Balaban J connectivity index is 1.48. The Kier molecular flexibility index (Phi) is 5.69. The van der Waals surface area contributed by atoms with Crippen LogP contribution in [0.5, 0.6) is 0 Å². The van der Waals surface area contributed by atoms with Gasteiger partial charge in [-0.15, -0.1) is 11.8 Å². The van der Waals surface area contributed by atoms with Gasteiger partial charge in [0, 0.05) is 42.5 Å². The summed E-state index contributed by atoms with van der Waals surface area (Å²) >= 11 is 1.87. The number of aryl methyl sites for hydroxylation is 1. The summed E-state index contributed by atoms with van der Waals surface area (Å²) in [5, 5.41) is 3.03. The highest BCUT2D eigenvalue weighted by Crippen LogP contribution is 2.36. The molecule has 142 valence electrons. The molecule has 5 heteroatoms. The van der Waals surface area contributed by atoms with E-state index in [4.69, 9.17) is 4.74 Å². The van der Waals surface area contributed by atoms with Crippen molar-refractivity contribution in [2.75, 3.05) is 30.3 Å². The zero-order valence-corrected chi connectivity index (χ0v) is 16.6. The second kappa shape index (κ2) is 8.36. The van der Waals surface area contributed by atoms with E-state index in [-0.39, 0.29) is 12.0 Å². The van der Waals surface area contributed by atoms with Crippen molar-refractivity contribution in [3.8, 4) is 0 Å². The maximum absolute atomic E-state index is 12.6. The van der Waals surface area contributed by atoms with Crippen LogP contribution in [-0.4, -0.2) is 37.5 Å². The maximum atomic E-state index is 12.6. The molecule has 2 aromatic carbocycles. The summed E-state index contributed by atoms with van der Waals surface area (Å²) in [7, 11) is 0. The van der Waals surface area contributed by atoms with Crippen LogP contribution in [0.25, 0.3) is 0 Å². The quantitative estimate of drug-likeness (QED) is 0.848. The van der Waals surface area contributed by atoms with E-state index in [0.717, 1.165) is 49.5 Å². The molecular weight excluding hydrogens is 356 g/mol. The van der Waals surface area contributed by atoms with Gasteiger partial charge in [0.15, 0.2) is 0 Å². The van der Waals surface area contributed by atoms with E-state index in [0.29, 0.717) is 6.54 Å². The Hall–Kier alpha value is -1.98. The molecule has 1 saturated heterocycles. The molecule has 27 heavy (non-hydrogen) atoms. The second-order valence-electron chi connectivity index (χ2n) is 7.28. The number of nitrogens with one attached hydrogen (secondary N) is 1. The Morgan fingerprint density at radius 3 is 2.89 bits per heavy atom. The SMILES string of the molecule is Cc1ccc(CN2CCSc3ccc(C(=O)NC[C@H]4CCCO4)cc32)cc1. The normalized spacial score (nSPS) is 19.0. The largest absolute Gasteiger partial charge is 0.376 e. The third kappa shape index (κ3) is 4.47. The molecule has 4 nitrogen and oxygen atoms in total. The lowest BCUT2D eigenvalue weighted by Crippen LogP contribution is -2.32. The average molecular weight is 383 g/mol. The number of ether oxygens (including phenoxy) is 1. The van der Waals surface area contributed by atoms with E-state index >= 15 is 0 Å². The van der Waals surface area contributed by atoms with Crippen molar-refractivity contribution in [1.82, 2.24) is 5.32 Å². The van der Waals surface area contributed by atoms with E-state index in [1.807, 2.05) is 23.9 Å². The molecule has 4 rings (SSSR count). The van der Waals surface area contributed by atoms with E-state index in [9.17, 15) is 4.79 Å². The third-order valence-corrected chi connectivity index (χ3v) is 6.23. The average Bonchev–Trinajstić information content (AvgIpc) is 3.21. The van der Waals surface area contributed by atoms with Gasteiger partial charge in [0.25, 0.3) is 5.91 Å². The summed E-state index contributed by atoms with van der Waals surface area (Å²) < 4.78 is 5.60. The number of carbonyl (C=O) groups excluding carboxylic acids is 1. The number of thioether (sulfide) groups is 1. The molecule has 2 heterocycles. The minimum Gasteiger partial charge on any atom is -0.376 e. The summed E-state index contributed by atoms with van der Waals surface area (Å²) in [6, 6.07) is 14.8. The van der Waals surface area contributed by atoms with E-state index in [1.54, 1.807) is 0 Å². The molecule has 1 amide bonds. The lowest BCUT2D eigenvalue weighted by Gasteiger charge is -2.31. The smallest absolute Gasteiger partial charge is 0.251 e. The van der Waals surface area contributed by atoms with Crippen molar-refractivity contribution in [2.45, 2.75) is 37.3 Å². The van der Waals surface area contributed by atoms with Gasteiger partial charge in [0.2, 0.25) is 0 Å². The molecule has 2 aliphatic heterocycles. The zero-order valence-electron chi connectivity index (χ0n) is 15.7. The number of nitrogens with zero attached hydrogens (tertiary/aromatic N) is 1. The van der Waals surface area contributed by atoms with Crippen molar-refractivity contribution < 1.29 is 9.53 Å². The highest BCUT2D eigenvalue weighted by Gasteiger charge is 2.21. The molecule has 1 N–H and O–H groups in total. The van der Waals surface area contributed by atoms with Crippen molar-refractivity contribution >= 4 is 23.4 Å². The first-order valence-electron chi connectivity index (χ1n) is 9.66. The molecule has 0 aliphatic carbocycles. The molecule has 0 spiro atoms. The molecule has 1 atom stereocenters. The molecule has 1 fully saturated rings. The van der Waals surface area contributed by atoms with Crippen LogP contribution in [-0.2, 0) is 11.3 Å². The summed E-state index contributed by atoms with van der Waals surface area (Å²) in [6.07, 6.45) is 2.29. The molecular formula is C22H26N2O2S.